The van der Waals surface area contributed by atoms with E-state index in [1.165, 1.54) is 10.5 Å². The maximum Gasteiger partial charge on any atom is 0.455 e. The van der Waals surface area contributed by atoms with Gasteiger partial charge in [0.25, 0.3) is 0 Å². The molecule has 0 bridgehead atoms. The molecule has 3 aromatic carbocycles. The molecule has 2 amide bonds. The summed E-state index contributed by atoms with van der Waals surface area (Å²) in [5.74, 6) is -1.38. The van der Waals surface area contributed by atoms with Crippen LogP contribution >= 0.6 is 0 Å². The molecule has 51 heavy (non-hydrogen) atoms. The molecule has 4 atom stereocenters. The lowest BCUT2D eigenvalue weighted by Gasteiger charge is -2.43. The maximum atomic E-state index is 14.3. The van der Waals surface area contributed by atoms with Gasteiger partial charge in [-0.2, -0.15) is 0 Å². The van der Waals surface area contributed by atoms with Crippen LogP contribution in [-0.2, 0) is 14.2 Å². The summed E-state index contributed by atoms with van der Waals surface area (Å²) in [6.45, 7) is 5.92. The Bertz CT molecular complexity index is 1960. The number of aromatic nitrogens is 1. The van der Waals surface area contributed by atoms with Crippen LogP contribution in [0, 0.1) is 31.6 Å². The average Bonchev–Trinajstić information content (AvgIpc) is 3.38. The number of anilines is 3. The predicted molar refractivity (Wildman–Crippen MR) is 202 cm³/mol. The SMILES string of the molecule is CCCC1=C2[C@@H](CC/C(=C/c3cc(C)c(O)c(C)c3)c3ccccn3)OB(O)C[C@@H]2[C@@H]2C(=O)N(c3ccc(Nc4ccccc4)cc3)C(=O)[C@@H]2C1. The lowest BCUT2D eigenvalue weighted by atomic mass is 9.58. The molecule has 4 aromatic rings. The summed E-state index contributed by atoms with van der Waals surface area (Å²) < 4.78 is 6.31. The maximum absolute atomic E-state index is 14.3. The van der Waals surface area contributed by atoms with Gasteiger partial charge in [-0.3, -0.25) is 19.5 Å². The summed E-state index contributed by atoms with van der Waals surface area (Å²) in [5.41, 5.74) is 9.07. The quantitative estimate of drug-likeness (QED) is 0.0878. The fourth-order valence-corrected chi connectivity index (χ4v) is 8.33. The Morgan fingerprint density at radius 2 is 1.67 bits per heavy atom. The highest BCUT2D eigenvalue weighted by Gasteiger charge is 2.57. The molecule has 0 spiro atoms. The second-order valence-electron chi connectivity index (χ2n) is 14.0. The third kappa shape index (κ3) is 7.01. The first-order valence-corrected chi connectivity index (χ1v) is 18.0. The molecule has 2 aliphatic heterocycles. The van der Waals surface area contributed by atoms with Crippen molar-refractivity contribution in [3.63, 3.8) is 0 Å². The van der Waals surface area contributed by atoms with Crippen LogP contribution in [0.25, 0.3) is 11.6 Å². The summed E-state index contributed by atoms with van der Waals surface area (Å²) in [4.78, 5) is 34.4. The number of nitrogens with one attached hydrogen (secondary N) is 1. The molecule has 3 N–H and O–H groups in total. The van der Waals surface area contributed by atoms with Crippen molar-refractivity contribution in [3.05, 3.63) is 125 Å². The van der Waals surface area contributed by atoms with Crippen molar-refractivity contribution in [2.24, 2.45) is 17.8 Å². The molecule has 3 aliphatic rings. The van der Waals surface area contributed by atoms with Crippen molar-refractivity contribution in [2.75, 3.05) is 10.2 Å². The number of aromatic hydroxyl groups is 1. The number of benzene rings is 3. The number of nitrogens with zero attached hydrogens (tertiary/aromatic N) is 2. The molecule has 1 aliphatic carbocycles. The monoisotopic (exact) mass is 681 g/mol. The van der Waals surface area contributed by atoms with Gasteiger partial charge in [-0.15, -0.1) is 0 Å². The molecule has 9 heteroatoms. The molecular formula is C42H44BN3O5. The molecule has 3 heterocycles. The molecule has 8 nitrogen and oxygen atoms in total. The highest BCUT2D eigenvalue weighted by atomic mass is 16.5. The van der Waals surface area contributed by atoms with E-state index >= 15 is 0 Å². The van der Waals surface area contributed by atoms with E-state index in [4.69, 9.17) is 4.65 Å². The number of pyridine rings is 1. The normalized spacial score (nSPS) is 21.9. The number of imide groups is 1. The van der Waals surface area contributed by atoms with Crippen LogP contribution in [0.1, 0.15) is 61.4 Å². The Morgan fingerprint density at radius 3 is 2.35 bits per heavy atom. The molecule has 0 saturated carbocycles. The van der Waals surface area contributed by atoms with Crippen molar-refractivity contribution in [3.8, 4) is 5.75 Å². The number of hydrogen-bond donors (Lipinski definition) is 3. The van der Waals surface area contributed by atoms with E-state index < -0.39 is 25.1 Å². The van der Waals surface area contributed by atoms with Crippen LogP contribution in [0.15, 0.2) is 102 Å². The number of aryl methyl sites for hydroxylation is 2. The topological polar surface area (TPSA) is 112 Å². The van der Waals surface area contributed by atoms with Crippen molar-refractivity contribution in [1.29, 1.82) is 0 Å². The fourth-order valence-electron chi connectivity index (χ4n) is 8.33. The molecular weight excluding hydrogens is 637 g/mol. The molecule has 7 rings (SSSR count). The number of rotatable bonds is 10. The summed E-state index contributed by atoms with van der Waals surface area (Å²) in [7, 11) is -1.05. The first kappa shape index (κ1) is 34.5. The standard InChI is InChI=1S/C42H44BN3O5/c1-4-10-30-24-34-39(42(49)46(41(34)48)33-17-15-32(16-18-33)45-31-11-6-5-7-12-31)35-25-43(50)51-37(38(30)35)19-14-29(36-13-8-9-20-44-36)23-28-21-26(2)40(47)27(3)22-28/h5-9,11-13,15-18,20-23,34-35,37,39,45,47,50H,4,10,14,19,24-25H2,1-3H3/b29-23-/t34-,35+,37-,39-/m1/s1. The van der Waals surface area contributed by atoms with Gasteiger partial charge in [0.2, 0.25) is 11.8 Å². The number of carbonyl (C=O) groups is 2. The Hall–Kier alpha value is -4.99. The van der Waals surface area contributed by atoms with Crippen LogP contribution in [0.2, 0.25) is 6.32 Å². The second-order valence-corrected chi connectivity index (χ2v) is 14.0. The summed E-state index contributed by atoms with van der Waals surface area (Å²) in [5, 5.41) is 24.9. The van der Waals surface area contributed by atoms with Gasteiger partial charge in [0, 0.05) is 17.6 Å². The third-order valence-electron chi connectivity index (χ3n) is 10.6. The number of carbonyl (C=O) groups excluding carboxylic acids is 2. The predicted octanol–water partition coefficient (Wildman–Crippen LogP) is 8.27. The summed E-state index contributed by atoms with van der Waals surface area (Å²) in [6.07, 6.45) is 7.17. The Balaban J connectivity index is 1.16. The number of phenols is 1. The smallest absolute Gasteiger partial charge is 0.455 e. The van der Waals surface area contributed by atoms with Crippen molar-refractivity contribution < 1.29 is 24.4 Å². The molecule has 260 valence electrons. The van der Waals surface area contributed by atoms with E-state index in [-0.39, 0.29) is 24.1 Å². The number of allylic oxidation sites excluding steroid dienone is 2. The van der Waals surface area contributed by atoms with Crippen LogP contribution in [-0.4, -0.2) is 40.2 Å². The summed E-state index contributed by atoms with van der Waals surface area (Å²) >= 11 is 0. The number of amides is 2. The van der Waals surface area contributed by atoms with Crippen LogP contribution < -0.4 is 10.2 Å². The van der Waals surface area contributed by atoms with E-state index in [1.54, 1.807) is 6.20 Å². The van der Waals surface area contributed by atoms with Gasteiger partial charge in [0.05, 0.1) is 29.3 Å². The van der Waals surface area contributed by atoms with Gasteiger partial charge in [-0.05, 0) is 146 Å². The zero-order valence-electron chi connectivity index (χ0n) is 29.4. The minimum atomic E-state index is -1.05. The van der Waals surface area contributed by atoms with Crippen LogP contribution in [0.4, 0.5) is 17.1 Å². The minimum absolute atomic E-state index is 0.168. The van der Waals surface area contributed by atoms with E-state index in [9.17, 15) is 19.7 Å². The van der Waals surface area contributed by atoms with E-state index in [1.807, 2.05) is 98.8 Å². The van der Waals surface area contributed by atoms with Gasteiger partial charge in [0.15, 0.2) is 0 Å². The third-order valence-corrected chi connectivity index (χ3v) is 10.6. The minimum Gasteiger partial charge on any atom is -0.507 e. The van der Waals surface area contributed by atoms with Gasteiger partial charge >= 0.3 is 7.12 Å². The lowest BCUT2D eigenvalue weighted by Crippen LogP contribution is -2.46. The number of fused-ring (bicyclic) bond motifs is 3. The van der Waals surface area contributed by atoms with Crippen LogP contribution in [0.5, 0.6) is 5.75 Å². The largest absolute Gasteiger partial charge is 0.507 e. The fraction of sp³-hybridized carbons (Fsp3) is 0.310. The average molecular weight is 682 g/mol. The molecule has 0 radical (unpaired) electrons. The number of phenolic OH excluding ortho intramolecular Hbond substituents is 1. The van der Waals surface area contributed by atoms with E-state index in [0.717, 1.165) is 57.7 Å². The highest BCUT2D eigenvalue weighted by molar-refractivity contribution is 6.43. The van der Waals surface area contributed by atoms with E-state index in [0.29, 0.717) is 30.7 Å². The van der Waals surface area contributed by atoms with Crippen molar-refractivity contribution in [2.45, 2.75) is 65.3 Å². The first-order valence-electron chi connectivity index (χ1n) is 18.0. The van der Waals surface area contributed by atoms with E-state index in [2.05, 4.69) is 23.3 Å². The number of hydrogen-bond acceptors (Lipinski definition) is 7. The molecule has 0 unspecified atom stereocenters. The zero-order valence-corrected chi connectivity index (χ0v) is 29.4. The van der Waals surface area contributed by atoms with Gasteiger partial charge in [-0.1, -0.05) is 43.2 Å². The second kappa shape index (κ2) is 14.7. The molecule has 2 saturated heterocycles. The van der Waals surface area contributed by atoms with Crippen LogP contribution in [0.3, 0.4) is 0 Å². The Labute approximate surface area is 300 Å². The molecule has 2 fully saturated rings. The van der Waals surface area contributed by atoms with Crippen molar-refractivity contribution in [1.82, 2.24) is 4.98 Å². The Kier molecular flexibility index (Phi) is 9.94. The number of para-hydroxylation sites is 1. The Morgan fingerprint density at radius 1 is 0.961 bits per heavy atom. The highest BCUT2D eigenvalue weighted by Crippen LogP contribution is 2.52. The van der Waals surface area contributed by atoms with Gasteiger partial charge in [0.1, 0.15) is 5.75 Å². The lowest BCUT2D eigenvalue weighted by molar-refractivity contribution is -0.122. The zero-order chi connectivity index (χ0) is 35.6. The van der Waals surface area contributed by atoms with Crippen molar-refractivity contribution >= 4 is 47.6 Å². The first-order chi connectivity index (χ1) is 24.7. The summed E-state index contributed by atoms with van der Waals surface area (Å²) in [6, 6.07) is 27.0. The van der Waals surface area contributed by atoms with Gasteiger partial charge < -0.3 is 20.1 Å². The van der Waals surface area contributed by atoms with Gasteiger partial charge in [-0.25, -0.2) is 0 Å². The molecule has 1 aromatic heterocycles.